The molecular formula is C29H39F2N7O3Si. The average molecular weight is 600 g/mol. The lowest BCUT2D eigenvalue weighted by Gasteiger charge is -2.39. The number of alkyl halides is 2. The number of hydrogen-bond acceptors (Lipinski definition) is 9. The van der Waals surface area contributed by atoms with Crippen molar-refractivity contribution in [1.29, 1.82) is 5.26 Å². The summed E-state index contributed by atoms with van der Waals surface area (Å²) in [5, 5.41) is 20.7. The molecule has 0 bridgehead atoms. The van der Waals surface area contributed by atoms with Crippen molar-refractivity contribution in [3.63, 3.8) is 0 Å². The summed E-state index contributed by atoms with van der Waals surface area (Å²) in [6, 6.07) is 7.94. The summed E-state index contributed by atoms with van der Waals surface area (Å²) in [5.41, 5.74) is 3.69. The van der Waals surface area contributed by atoms with Crippen molar-refractivity contribution in [2.75, 3.05) is 44.1 Å². The molecule has 226 valence electrons. The molecule has 1 atom stereocenters. The number of rotatable bonds is 12. The highest BCUT2D eigenvalue weighted by Gasteiger charge is 2.42. The number of nitrogens with zero attached hydrogens (tertiary/aromatic N) is 5. The van der Waals surface area contributed by atoms with E-state index in [-0.39, 0.29) is 28.9 Å². The van der Waals surface area contributed by atoms with Crippen LogP contribution in [0.15, 0.2) is 30.6 Å². The summed E-state index contributed by atoms with van der Waals surface area (Å²) >= 11 is 0. The van der Waals surface area contributed by atoms with Crippen molar-refractivity contribution in [3.05, 3.63) is 41.7 Å². The lowest BCUT2D eigenvalue weighted by atomic mass is 9.83. The summed E-state index contributed by atoms with van der Waals surface area (Å²) in [5.74, 6) is 0.358. The summed E-state index contributed by atoms with van der Waals surface area (Å²) in [4.78, 5) is 8.98. The Kier molecular flexibility index (Phi) is 9.20. The predicted octanol–water partition coefficient (Wildman–Crippen LogP) is 5.95. The summed E-state index contributed by atoms with van der Waals surface area (Å²) in [7, 11) is -0.459. The first-order valence-electron chi connectivity index (χ1n) is 13.8. The van der Waals surface area contributed by atoms with E-state index < -0.39 is 21.3 Å². The first-order chi connectivity index (χ1) is 19.8. The number of ether oxygens (including phenoxy) is 2. The van der Waals surface area contributed by atoms with Gasteiger partial charge in [-0.1, -0.05) is 27.7 Å². The Balaban J connectivity index is 1.64. The van der Waals surface area contributed by atoms with Gasteiger partial charge in [0.25, 0.3) is 12.3 Å². The molecule has 10 nitrogen and oxygen atoms in total. The third-order valence-corrected chi connectivity index (χ3v) is 12.4. The number of anilines is 3. The lowest BCUT2D eigenvalue weighted by Crippen LogP contribution is -2.45. The van der Waals surface area contributed by atoms with Gasteiger partial charge in [0.05, 0.1) is 29.7 Å². The number of methoxy groups -OCH3 is 1. The van der Waals surface area contributed by atoms with Gasteiger partial charge in [-0.05, 0) is 41.9 Å². The fourth-order valence-electron chi connectivity index (χ4n) is 4.36. The SMILES string of the molecule is COCCOc1nn(CC(F)F)cc1Nc1nccc(-c2cc(C#N)c3c(c2)[C@@](C)(CO[Si](C)(C)C(C)(C)C)CN3)n1. The van der Waals surface area contributed by atoms with Crippen molar-refractivity contribution >= 4 is 25.6 Å². The number of aromatic nitrogens is 4. The van der Waals surface area contributed by atoms with Gasteiger partial charge in [-0.25, -0.2) is 18.7 Å². The van der Waals surface area contributed by atoms with Crippen LogP contribution in [0.25, 0.3) is 11.3 Å². The molecule has 1 aliphatic rings. The molecule has 0 radical (unpaired) electrons. The van der Waals surface area contributed by atoms with E-state index in [1.807, 2.05) is 0 Å². The third kappa shape index (κ3) is 6.88. The molecule has 0 amide bonds. The zero-order valence-corrected chi connectivity index (χ0v) is 26.2. The maximum absolute atomic E-state index is 13.0. The van der Waals surface area contributed by atoms with E-state index in [1.165, 1.54) is 13.3 Å². The zero-order valence-electron chi connectivity index (χ0n) is 25.2. The lowest BCUT2D eigenvalue weighted by molar-refractivity contribution is 0.119. The van der Waals surface area contributed by atoms with Gasteiger partial charge >= 0.3 is 0 Å². The van der Waals surface area contributed by atoms with Gasteiger partial charge in [0, 0.05) is 37.4 Å². The van der Waals surface area contributed by atoms with E-state index in [0.29, 0.717) is 36.7 Å². The van der Waals surface area contributed by atoms with Crippen molar-refractivity contribution in [2.24, 2.45) is 0 Å². The first-order valence-corrected chi connectivity index (χ1v) is 16.7. The molecule has 1 aliphatic heterocycles. The molecule has 0 fully saturated rings. The number of halogens is 2. The van der Waals surface area contributed by atoms with Gasteiger partial charge in [0.2, 0.25) is 5.95 Å². The standard InChI is InChI=1S/C29H39F2N7O3Si/c1-28(2,3)42(6,7)41-18-29(4)17-34-25-20(14-32)12-19(13-21(25)29)22-8-9-33-27(35-22)36-23-15-38(16-24(30)31)37-26(23)40-11-10-39-5/h8-9,12-13,15,24,34H,10-11,16-18H2,1-7H3,(H,33,35,36)/t29-/m1/s1. The van der Waals surface area contributed by atoms with Gasteiger partial charge in [0.15, 0.2) is 8.32 Å². The second-order valence-electron chi connectivity index (χ2n) is 12.2. The second kappa shape index (κ2) is 12.3. The van der Waals surface area contributed by atoms with E-state index in [1.54, 1.807) is 18.3 Å². The number of fused-ring (bicyclic) bond motifs is 1. The largest absolute Gasteiger partial charge is 0.473 e. The molecule has 0 aliphatic carbocycles. The molecule has 2 aromatic heterocycles. The molecule has 42 heavy (non-hydrogen) atoms. The smallest absolute Gasteiger partial charge is 0.257 e. The third-order valence-electron chi connectivity index (χ3n) is 7.90. The van der Waals surface area contributed by atoms with Crippen molar-refractivity contribution < 1.29 is 22.7 Å². The van der Waals surface area contributed by atoms with Gasteiger partial charge in [-0.3, -0.25) is 4.68 Å². The first kappa shape index (κ1) is 31.3. The van der Waals surface area contributed by atoms with Crippen LogP contribution >= 0.6 is 0 Å². The van der Waals surface area contributed by atoms with Crippen LogP contribution in [0, 0.1) is 11.3 Å². The fourth-order valence-corrected chi connectivity index (χ4v) is 5.47. The van der Waals surface area contributed by atoms with Crippen LogP contribution in [0.5, 0.6) is 5.88 Å². The topological polar surface area (TPSA) is 119 Å². The molecule has 3 heterocycles. The zero-order chi connectivity index (χ0) is 30.7. The van der Waals surface area contributed by atoms with Crippen molar-refractivity contribution in [2.45, 2.75) is 64.2 Å². The number of nitrogens with one attached hydrogen (secondary N) is 2. The molecule has 1 aromatic carbocycles. The van der Waals surface area contributed by atoms with E-state index in [9.17, 15) is 14.0 Å². The molecule has 0 spiro atoms. The Labute approximate surface area is 246 Å². The Bertz CT molecular complexity index is 1450. The average Bonchev–Trinajstić information content (AvgIpc) is 3.46. The van der Waals surface area contributed by atoms with Crippen LogP contribution < -0.4 is 15.4 Å². The highest BCUT2D eigenvalue weighted by Crippen LogP contribution is 2.44. The Morgan fingerprint density at radius 3 is 2.69 bits per heavy atom. The minimum absolute atomic E-state index is 0.0763. The predicted molar refractivity (Wildman–Crippen MR) is 160 cm³/mol. The molecule has 4 rings (SSSR count). The molecule has 2 N–H and O–H groups in total. The van der Waals surface area contributed by atoms with Crippen LogP contribution in [0.3, 0.4) is 0 Å². The number of nitriles is 1. The van der Waals surface area contributed by atoms with Gasteiger partial charge in [-0.2, -0.15) is 5.26 Å². The van der Waals surface area contributed by atoms with Crippen molar-refractivity contribution in [3.8, 4) is 23.2 Å². The normalized spacial score (nSPS) is 16.7. The Morgan fingerprint density at radius 1 is 1.26 bits per heavy atom. The van der Waals surface area contributed by atoms with Gasteiger partial charge < -0.3 is 24.5 Å². The molecule has 13 heteroatoms. The highest BCUT2D eigenvalue weighted by atomic mass is 28.4. The summed E-state index contributed by atoms with van der Waals surface area (Å²) < 4.78 is 44.4. The Hall–Kier alpha value is -3.60. The number of benzene rings is 1. The van der Waals surface area contributed by atoms with Crippen LogP contribution in [0.2, 0.25) is 18.1 Å². The van der Waals surface area contributed by atoms with Crippen molar-refractivity contribution in [1.82, 2.24) is 19.7 Å². The van der Waals surface area contributed by atoms with Crippen LogP contribution in [-0.4, -0.2) is 68.0 Å². The highest BCUT2D eigenvalue weighted by molar-refractivity contribution is 6.74. The van der Waals surface area contributed by atoms with E-state index in [2.05, 4.69) is 78.6 Å². The maximum atomic E-state index is 13.0. The summed E-state index contributed by atoms with van der Waals surface area (Å²) in [6.07, 6.45) is 0.440. The number of hydrogen-bond donors (Lipinski definition) is 2. The van der Waals surface area contributed by atoms with Gasteiger partial charge in [0.1, 0.15) is 24.9 Å². The van der Waals surface area contributed by atoms with Crippen LogP contribution in [-0.2, 0) is 21.1 Å². The van der Waals surface area contributed by atoms with Gasteiger partial charge in [-0.15, -0.1) is 5.10 Å². The molecular weight excluding hydrogens is 560 g/mol. The Morgan fingerprint density at radius 2 is 2.02 bits per heavy atom. The van der Waals surface area contributed by atoms with E-state index in [4.69, 9.17) is 13.9 Å². The molecule has 0 saturated carbocycles. The monoisotopic (exact) mass is 599 g/mol. The minimum atomic E-state index is -2.58. The van der Waals surface area contributed by atoms with E-state index in [0.717, 1.165) is 21.5 Å². The minimum Gasteiger partial charge on any atom is -0.473 e. The summed E-state index contributed by atoms with van der Waals surface area (Å²) in [6.45, 7) is 14.4. The molecule has 0 saturated heterocycles. The van der Waals surface area contributed by atoms with E-state index >= 15 is 0 Å². The van der Waals surface area contributed by atoms with Crippen LogP contribution in [0.4, 0.5) is 26.1 Å². The second-order valence-corrected chi connectivity index (χ2v) is 17.0. The molecule has 0 unspecified atom stereocenters. The maximum Gasteiger partial charge on any atom is 0.257 e. The molecule has 3 aromatic rings. The fraction of sp³-hybridized carbons (Fsp3) is 0.517. The van der Waals surface area contributed by atoms with Crippen LogP contribution in [0.1, 0.15) is 38.8 Å². The quantitative estimate of drug-likeness (QED) is 0.192.